The van der Waals surface area contributed by atoms with Crippen LogP contribution in [0.1, 0.15) is 68.8 Å². The molecule has 1 aliphatic rings. The summed E-state index contributed by atoms with van der Waals surface area (Å²) in [6, 6.07) is 8.38. The highest BCUT2D eigenvalue weighted by atomic mass is 16.5. The molecule has 2 heterocycles. The molecule has 0 saturated carbocycles. The Hall–Kier alpha value is -2.41. The Kier molecular flexibility index (Phi) is 8.68. The molecule has 1 N–H and O–H groups in total. The largest absolute Gasteiger partial charge is 0.497 e. The fourth-order valence-corrected chi connectivity index (χ4v) is 3.93. The molecule has 2 aromatic rings. The Morgan fingerprint density at radius 1 is 1.20 bits per heavy atom. The fourth-order valence-electron chi connectivity index (χ4n) is 3.93. The number of hydrogen-bond donors (Lipinski definition) is 1. The average molecular weight is 415 g/mol. The zero-order valence-electron chi connectivity index (χ0n) is 18.2. The van der Waals surface area contributed by atoms with E-state index in [1.807, 2.05) is 12.1 Å². The van der Waals surface area contributed by atoms with Crippen molar-refractivity contribution in [1.29, 1.82) is 0 Å². The van der Waals surface area contributed by atoms with Crippen LogP contribution in [0.2, 0.25) is 0 Å². The van der Waals surface area contributed by atoms with Crippen LogP contribution in [0.25, 0.3) is 0 Å². The maximum atomic E-state index is 12.4. The molecule has 1 saturated heterocycles. The Labute approximate surface area is 179 Å². The first-order valence-electron chi connectivity index (χ1n) is 11.2. The van der Waals surface area contributed by atoms with E-state index in [1.165, 1.54) is 24.8 Å². The van der Waals surface area contributed by atoms with Crippen LogP contribution >= 0.6 is 0 Å². The van der Waals surface area contributed by atoms with Gasteiger partial charge in [0.25, 0.3) is 0 Å². The minimum atomic E-state index is 0.0684. The number of piperidine rings is 1. The number of carbonyl (C=O) groups is 1. The molecule has 1 fully saturated rings. The van der Waals surface area contributed by atoms with E-state index < -0.39 is 0 Å². The van der Waals surface area contributed by atoms with Gasteiger partial charge in [0.05, 0.1) is 13.2 Å². The van der Waals surface area contributed by atoms with E-state index in [1.54, 1.807) is 7.11 Å². The van der Waals surface area contributed by atoms with Gasteiger partial charge in [-0.05, 0) is 56.5 Å². The number of nitrogens with one attached hydrogen (secondary N) is 1. The maximum absolute atomic E-state index is 12.4. The number of methoxy groups -OCH3 is 1. The van der Waals surface area contributed by atoms with Crippen LogP contribution in [-0.4, -0.2) is 47.7 Å². The smallest absolute Gasteiger partial charge is 0.226 e. The number of likely N-dealkylation sites (tertiary alicyclic amines) is 1. The third kappa shape index (κ3) is 6.55. The van der Waals surface area contributed by atoms with E-state index in [0.29, 0.717) is 31.7 Å². The Balaban J connectivity index is 1.50. The molecule has 7 nitrogen and oxygen atoms in total. The molecule has 0 aliphatic carbocycles. The lowest BCUT2D eigenvalue weighted by atomic mass is 10.0. The summed E-state index contributed by atoms with van der Waals surface area (Å²) in [5, 5.41) is 7.10. The summed E-state index contributed by atoms with van der Waals surface area (Å²) < 4.78 is 10.5. The third-order valence-electron chi connectivity index (χ3n) is 5.60. The molecule has 30 heavy (non-hydrogen) atoms. The number of aromatic nitrogens is 2. The average Bonchev–Trinajstić information content (AvgIpc) is 3.22. The number of benzene rings is 1. The normalized spacial score (nSPS) is 15.7. The summed E-state index contributed by atoms with van der Waals surface area (Å²) in [6.07, 6.45) is 7.33. The van der Waals surface area contributed by atoms with Crippen LogP contribution in [0.4, 0.5) is 0 Å². The van der Waals surface area contributed by atoms with E-state index in [2.05, 4.69) is 39.4 Å². The summed E-state index contributed by atoms with van der Waals surface area (Å²) in [6.45, 7) is 4.85. The van der Waals surface area contributed by atoms with Gasteiger partial charge in [-0.2, -0.15) is 4.98 Å². The van der Waals surface area contributed by atoms with Gasteiger partial charge in [-0.25, -0.2) is 0 Å². The summed E-state index contributed by atoms with van der Waals surface area (Å²) in [7, 11) is 1.68. The lowest BCUT2D eigenvalue weighted by molar-refractivity contribution is -0.121. The van der Waals surface area contributed by atoms with Gasteiger partial charge in [0, 0.05) is 25.8 Å². The number of rotatable bonds is 11. The van der Waals surface area contributed by atoms with Crippen LogP contribution in [-0.2, 0) is 17.6 Å². The van der Waals surface area contributed by atoms with Crippen molar-refractivity contribution in [1.82, 2.24) is 20.4 Å². The number of carbonyl (C=O) groups excluding carboxylic acids is 1. The van der Waals surface area contributed by atoms with E-state index >= 15 is 0 Å². The highest BCUT2D eigenvalue weighted by Crippen LogP contribution is 2.26. The molecule has 1 unspecified atom stereocenters. The van der Waals surface area contributed by atoms with Gasteiger partial charge >= 0.3 is 0 Å². The summed E-state index contributed by atoms with van der Waals surface area (Å²) in [5.41, 5.74) is 1.22. The number of ether oxygens (including phenoxy) is 1. The van der Waals surface area contributed by atoms with Crippen LogP contribution < -0.4 is 10.1 Å². The van der Waals surface area contributed by atoms with Crippen molar-refractivity contribution in [3.8, 4) is 5.75 Å². The molecular formula is C23H34N4O3. The lowest BCUT2D eigenvalue weighted by Gasteiger charge is -2.35. The van der Waals surface area contributed by atoms with Crippen molar-refractivity contribution < 1.29 is 14.1 Å². The second-order valence-corrected chi connectivity index (χ2v) is 7.90. The first kappa shape index (κ1) is 22.3. The minimum Gasteiger partial charge on any atom is -0.497 e. The standard InChI is InChI=1S/C23H34N4O3/c1-3-8-21-25-23(30-26-21)10-7-9-22(28)24-17-20(27-15-5-4-6-16-27)18-11-13-19(29-2)14-12-18/h11-14,20H,3-10,15-17H2,1-2H3,(H,24,28). The van der Waals surface area contributed by atoms with Crippen LogP contribution in [0.3, 0.4) is 0 Å². The van der Waals surface area contributed by atoms with E-state index in [9.17, 15) is 4.79 Å². The van der Waals surface area contributed by atoms with E-state index in [0.717, 1.165) is 37.5 Å². The molecule has 1 aliphatic heterocycles. The van der Waals surface area contributed by atoms with Gasteiger partial charge < -0.3 is 14.6 Å². The Bertz CT molecular complexity index is 769. The second-order valence-electron chi connectivity index (χ2n) is 7.90. The highest BCUT2D eigenvalue weighted by molar-refractivity contribution is 5.75. The van der Waals surface area contributed by atoms with Crippen molar-refractivity contribution in [2.24, 2.45) is 0 Å². The van der Waals surface area contributed by atoms with Crippen molar-refractivity contribution in [2.45, 2.75) is 64.3 Å². The van der Waals surface area contributed by atoms with E-state index in [-0.39, 0.29) is 11.9 Å². The van der Waals surface area contributed by atoms with Crippen LogP contribution in [0.5, 0.6) is 5.75 Å². The number of amides is 1. The molecular weight excluding hydrogens is 380 g/mol. The van der Waals surface area contributed by atoms with Crippen LogP contribution in [0, 0.1) is 0 Å². The molecule has 7 heteroatoms. The monoisotopic (exact) mass is 414 g/mol. The van der Waals surface area contributed by atoms with Gasteiger partial charge in [0.1, 0.15) is 5.75 Å². The zero-order chi connectivity index (χ0) is 21.2. The quantitative estimate of drug-likeness (QED) is 0.604. The molecule has 0 radical (unpaired) electrons. The van der Waals surface area contributed by atoms with Gasteiger partial charge in [-0.3, -0.25) is 9.69 Å². The minimum absolute atomic E-state index is 0.0684. The topological polar surface area (TPSA) is 80.5 Å². The van der Waals surface area contributed by atoms with Crippen molar-refractivity contribution >= 4 is 5.91 Å². The van der Waals surface area contributed by atoms with E-state index in [4.69, 9.17) is 9.26 Å². The molecule has 3 rings (SSSR count). The van der Waals surface area contributed by atoms with Crippen LogP contribution in [0.15, 0.2) is 28.8 Å². The number of nitrogens with zero attached hydrogens (tertiary/aromatic N) is 3. The Morgan fingerprint density at radius 3 is 2.67 bits per heavy atom. The predicted octanol–water partition coefficient (Wildman–Crippen LogP) is 3.70. The molecule has 0 spiro atoms. The summed E-state index contributed by atoms with van der Waals surface area (Å²) in [5.74, 6) is 2.29. The molecule has 164 valence electrons. The van der Waals surface area contributed by atoms with Gasteiger partial charge in [-0.1, -0.05) is 30.6 Å². The fraction of sp³-hybridized carbons (Fsp3) is 0.609. The first-order valence-corrected chi connectivity index (χ1v) is 11.2. The Morgan fingerprint density at radius 2 is 1.97 bits per heavy atom. The molecule has 1 atom stereocenters. The SMILES string of the molecule is CCCc1noc(CCCC(=O)NCC(c2ccc(OC)cc2)N2CCCCC2)n1. The van der Waals surface area contributed by atoms with Crippen molar-refractivity contribution in [3.63, 3.8) is 0 Å². The van der Waals surface area contributed by atoms with Gasteiger partial charge in [0.2, 0.25) is 11.8 Å². The van der Waals surface area contributed by atoms with Crippen molar-refractivity contribution in [2.75, 3.05) is 26.7 Å². The zero-order valence-corrected chi connectivity index (χ0v) is 18.2. The molecule has 1 aromatic carbocycles. The molecule has 0 bridgehead atoms. The molecule has 1 aromatic heterocycles. The van der Waals surface area contributed by atoms with Crippen molar-refractivity contribution in [3.05, 3.63) is 41.5 Å². The third-order valence-corrected chi connectivity index (χ3v) is 5.60. The summed E-state index contributed by atoms with van der Waals surface area (Å²) in [4.78, 5) is 19.3. The summed E-state index contributed by atoms with van der Waals surface area (Å²) >= 11 is 0. The highest BCUT2D eigenvalue weighted by Gasteiger charge is 2.23. The number of hydrogen-bond acceptors (Lipinski definition) is 6. The predicted molar refractivity (Wildman–Crippen MR) is 115 cm³/mol. The maximum Gasteiger partial charge on any atom is 0.226 e. The first-order chi connectivity index (χ1) is 14.7. The van der Waals surface area contributed by atoms with Gasteiger partial charge in [0.15, 0.2) is 5.82 Å². The molecule has 1 amide bonds. The lowest BCUT2D eigenvalue weighted by Crippen LogP contribution is -2.40. The second kappa shape index (κ2) is 11.7. The number of aryl methyl sites for hydroxylation is 2. The van der Waals surface area contributed by atoms with Gasteiger partial charge in [-0.15, -0.1) is 0 Å².